The fourth-order valence-electron chi connectivity index (χ4n) is 1.94. The van der Waals surface area contributed by atoms with E-state index in [1.807, 2.05) is 12.1 Å². The van der Waals surface area contributed by atoms with Crippen molar-refractivity contribution < 1.29 is 0 Å². The molecule has 86 valence electrons. The van der Waals surface area contributed by atoms with Crippen LogP contribution in [0.25, 0.3) is 0 Å². The number of hydrogen-bond donors (Lipinski definition) is 1. The van der Waals surface area contributed by atoms with Crippen molar-refractivity contribution in [2.45, 2.75) is 19.3 Å². The Balaban J connectivity index is 1.94. The first-order chi connectivity index (χ1) is 7.77. The summed E-state index contributed by atoms with van der Waals surface area (Å²) in [6.45, 7) is 0.963. The first kappa shape index (κ1) is 11.8. The Bertz CT molecular complexity index is 388. The van der Waals surface area contributed by atoms with Crippen molar-refractivity contribution in [3.05, 3.63) is 40.4 Å². The summed E-state index contributed by atoms with van der Waals surface area (Å²) in [5.41, 5.74) is 0.934. The van der Waals surface area contributed by atoms with Crippen molar-refractivity contribution >= 4 is 28.9 Å². The molecule has 0 saturated carbocycles. The Morgan fingerprint density at radius 2 is 2.12 bits per heavy atom. The van der Waals surface area contributed by atoms with Gasteiger partial charge in [0.1, 0.15) is 0 Å². The normalized spacial score (nSPS) is 19.8. The Morgan fingerprint density at radius 1 is 1.25 bits per heavy atom. The van der Waals surface area contributed by atoms with Gasteiger partial charge >= 0.3 is 0 Å². The molecule has 1 aromatic rings. The number of nitrogens with one attached hydrogen (secondary N) is 1. The molecule has 0 radical (unpaired) electrons. The van der Waals surface area contributed by atoms with Gasteiger partial charge < -0.3 is 5.32 Å². The Hall–Kier alpha value is -0.660. The standard InChI is InChI=1S/C13H15Cl2N/c14-11-7-4-8-12(13(11)15)16-9-10-5-2-1-3-6-10/h1-2,4,7-8,10,16H,3,5-6,9H2. The van der Waals surface area contributed by atoms with Gasteiger partial charge in [-0.15, -0.1) is 0 Å². The number of anilines is 1. The third-order valence-corrected chi connectivity index (χ3v) is 3.73. The van der Waals surface area contributed by atoms with Crippen molar-refractivity contribution in [2.24, 2.45) is 5.92 Å². The molecule has 0 aromatic heterocycles. The number of rotatable bonds is 3. The van der Waals surface area contributed by atoms with E-state index in [2.05, 4.69) is 17.5 Å². The number of hydrogen-bond acceptors (Lipinski definition) is 1. The molecule has 2 rings (SSSR count). The topological polar surface area (TPSA) is 12.0 Å². The van der Waals surface area contributed by atoms with Crippen LogP contribution in [0.2, 0.25) is 10.0 Å². The second kappa shape index (κ2) is 5.60. The van der Waals surface area contributed by atoms with Crippen LogP contribution < -0.4 is 5.32 Å². The molecule has 1 N–H and O–H groups in total. The second-order valence-corrected chi connectivity index (χ2v) is 4.92. The molecule has 1 nitrogen and oxygen atoms in total. The van der Waals surface area contributed by atoms with Crippen LogP contribution in [0.5, 0.6) is 0 Å². The molecule has 0 saturated heterocycles. The van der Waals surface area contributed by atoms with E-state index in [4.69, 9.17) is 23.2 Å². The molecule has 16 heavy (non-hydrogen) atoms. The highest BCUT2D eigenvalue weighted by Gasteiger charge is 2.10. The smallest absolute Gasteiger partial charge is 0.0823 e. The monoisotopic (exact) mass is 255 g/mol. The molecule has 0 spiro atoms. The van der Waals surface area contributed by atoms with Crippen LogP contribution in [0.3, 0.4) is 0 Å². The zero-order valence-electron chi connectivity index (χ0n) is 9.05. The third-order valence-electron chi connectivity index (χ3n) is 2.91. The molecule has 1 aliphatic rings. The van der Waals surface area contributed by atoms with Gasteiger partial charge in [0.15, 0.2) is 0 Å². The molecule has 0 heterocycles. The van der Waals surface area contributed by atoms with E-state index >= 15 is 0 Å². The predicted octanol–water partition coefficient (Wildman–Crippen LogP) is 4.76. The molecule has 0 amide bonds. The summed E-state index contributed by atoms with van der Waals surface area (Å²) in [5.74, 6) is 0.708. The summed E-state index contributed by atoms with van der Waals surface area (Å²) in [4.78, 5) is 0. The van der Waals surface area contributed by atoms with E-state index in [1.54, 1.807) is 6.07 Å². The summed E-state index contributed by atoms with van der Waals surface area (Å²) in [5, 5.41) is 4.60. The average molecular weight is 256 g/mol. The first-order valence-corrected chi connectivity index (χ1v) is 6.36. The fourth-order valence-corrected chi connectivity index (χ4v) is 2.30. The quantitative estimate of drug-likeness (QED) is 0.768. The van der Waals surface area contributed by atoms with Gasteiger partial charge in [-0.3, -0.25) is 0 Å². The summed E-state index contributed by atoms with van der Waals surface area (Å²) in [6, 6.07) is 5.68. The van der Waals surface area contributed by atoms with E-state index in [0.29, 0.717) is 16.0 Å². The number of benzene rings is 1. The van der Waals surface area contributed by atoms with Crippen LogP contribution in [0.4, 0.5) is 5.69 Å². The zero-order valence-corrected chi connectivity index (χ0v) is 10.6. The van der Waals surface area contributed by atoms with Crippen LogP contribution in [0, 0.1) is 5.92 Å². The van der Waals surface area contributed by atoms with E-state index in [1.165, 1.54) is 12.8 Å². The fraction of sp³-hybridized carbons (Fsp3) is 0.385. The SMILES string of the molecule is Clc1cccc(NCC2CC=CCC2)c1Cl. The largest absolute Gasteiger partial charge is 0.384 e. The summed E-state index contributed by atoms with van der Waals surface area (Å²) >= 11 is 12.1. The van der Waals surface area contributed by atoms with Gasteiger partial charge in [-0.05, 0) is 37.3 Å². The van der Waals surface area contributed by atoms with Crippen molar-refractivity contribution in [1.29, 1.82) is 0 Å². The Morgan fingerprint density at radius 3 is 2.88 bits per heavy atom. The zero-order chi connectivity index (χ0) is 11.4. The van der Waals surface area contributed by atoms with Crippen LogP contribution in [0.1, 0.15) is 19.3 Å². The molecule has 1 aliphatic carbocycles. The van der Waals surface area contributed by atoms with Gasteiger partial charge in [-0.25, -0.2) is 0 Å². The highest BCUT2D eigenvalue weighted by atomic mass is 35.5. The van der Waals surface area contributed by atoms with E-state index in [9.17, 15) is 0 Å². The van der Waals surface area contributed by atoms with Gasteiger partial charge in [0.25, 0.3) is 0 Å². The maximum atomic E-state index is 6.10. The molecule has 0 aliphatic heterocycles. The lowest BCUT2D eigenvalue weighted by molar-refractivity contribution is 0.504. The average Bonchev–Trinajstić information content (AvgIpc) is 2.32. The molecular weight excluding hydrogens is 241 g/mol. The number of allylic oxidation sites excluding steroid dienone is 2. The summed E-state index contributed by atoms with van der Waals surface area (Å²) in [7, 11) is 0. The van der Waals surface area contributed by atoms with Gasteiger partial charge in [-0.1, -0.05) is 41.4 Å². The highest BCUT2D eigenvalue weighted by Crippen LogP contribution is 2.30. The van der Waals surface area contributed by atoms with Crippen LogP contribution in [-0.4, -0.2) is 6.54 Å². The van der Waals surface area contributed by atoms with E-state index in [0.717, 1.165) is 18.7 Å². The van der Waals surface area contributed by atoms with Crippen molar-refractivity contribution in [3.63, 3.8) is 0 Å². The lowest BCUT2D eigenvalue weighted by Crippen LogP contribution is -2.15. The lowest BCUT2D eigenvalue weighted by Gasteiger charge is -2.19. The molecule has 0 fully saturated rings. The first-order valence-electron chi connectivity index (χ1n) is 5.60. The van der Waals surface area contributed by atoms with Crippen molar-refractivity contribution in [3.8, 4) is 0 Å². The van der Waals surface area contributed by atoms with E-state index in [-0.39, 0.29) is 0 Å². The molecule has 0 bridgehead atoms. The maximum Gasteiger partial charge on any atom is 0.0823 e. The van der Waals surface area contributed by atoms with Crippen LogP contribution in [0.15, 0.2) is 30.4 Å². The molecule has 1 unspecified atom stereocenters. The van der Waals surface area contributed by atoms with Gasteiger partial charge in [0, 0.05) is 6.54 Å². The van der Waals surface area contributed by atoms with Gasteiger partial charge in [0.05, 0.1) is 15.7 Å². The Kier molecular flexibility index (Phi) is 4.14. The van der Waals surface area contributed by atoms with Crippen LogP contribution >= 0.6 is 23.2 Å². The Labute approximate surface area is 106 Å². The van der Waals surface area contributed by atoms with E-state index < -0.39 is 0 Å². The minimum atomic E-state index is 0.607. The molecule has 1 atom stereocenters. The molecular formula is C13H15Cl2N. The maximum absolute atomic E-state index is 6.10. The van der Waals surface area contributed by atoms with Gasteiger partial charge in [-0.2, -0.15) is 0 Å². The lowest BCUT2D eigenvalue weighted by atomic mass is 9.94. The number of halogens is 2. The van der Waals surface area contributed by atoms with Crippen LogP contribution in [-0.2, 0) is 0 Å². The van der Waals surface area contributed by atoms with Crippen molar-refractivity contribution in [2.75, 3.05) is 11.9 Å². The van der Waals surface area contributed by atoms with Crippen molar-refractivity contribution in [1.82, 2.24) is 0 Å². The third kappa shape index (κ3) is 2.93. The highest BCUT2D eigenvalue weighted by molar-refractivity contribution is 6.43. The minimum Gasteiger partial charge on any atom is -0.384 e. The second-order valence-electron chi connectivity index (χ2n) is 4.13. The van der Waals surface area contributed by atoms with Gasteiger partial charge in [0.2, 0.25) is 0 Å². The molecule has 3 heteroatoms. The molecule has 1 aromatic carbocycles. The summed E-state index contributed by atoms with van der Waals surface area (Å²) in [6.07, 6.45) is 8.11. The predicted molar refractivity (Wildman–Crippen MR) is 71.4 cm³/mol. The summed E-state index contributed by atoms with van der Waals surface area (Å²) < 4.78 is 0. The minimum absolute atomic E-state index is 0.607.